The molecule has 0 aromatic rings. The van der Waals surface area contributed by atoms with Crippen molar-refractivity contribution in [1.82, 2.24) is 0 Å². The first-order chi connectivity index (χ1) is 5.24. The van der Waals surface area contributed by atoms with Gasteiger partial charge in [-0.1, -0.05) is 0 Å². The fourth-order valence-electron chi connectivity index (χ4n) is 1.03. The zero-order valence-electron chi connectivity index (χ0n) is 6.33. The molecule has 0 spiro atoms. The molecule has 0 aliphatic carbocycles. The fourth-order valence-corrected chi connectivity index (χ4v) is 2.03. The van der Waals surface area contributed by atoms with E-state index in [-0.39, 0.29) is 17.7 Å². The zero-order chi connectivity index (χ0) is 8.27. The molecule has 0 N–H and O–H groups in total. The molecule has 1 aliphatic heterocycles. The highest BCUT2D eigenvalue weighted by atomic mass is 32.2. The number of ether oxygens (including phenoxy) is 1. The van der Waals surface area contributed by atoms with Gasteiger partial charge in [0.2, 0.25) is 0 Å². The Bertz CT molecular complexity index is 179. The van der Waals surface area contributed by atoms with Gasteiger partial charge in [0.05, 0.1) is 18.8 Å². The first-order valence-electron chi connectivity index (χ1n) is 3.41. The molecule has 1 heterocycles. The number of hydrogen-bond donors (Lipinski definition) is 0. The number of methoxy groups -OCH3 is 1. The second kappa shape index (κ2) is 3.76. The molecule has 1 unspecified atom stereocenters. The monoisotopic (exact) mass is 174 g/mol. The van der Waals surface area contributed by atoms with E-state index < -0.39 is 0 Å². The van der Waals surface area contributed by atoms with Gasteiger partial charge in [-0.15, -0.1) is 0 Å². The number of hydrogen-bond acceptors (Lipinski definition) is 4. The Labute approximate surface area is 69.5 Å². The van der Waals surface area contributed by atoms with Crippen LogP contribution in [0.25, 0.3) is 0 Å². The van der Waals surface area contributed by atoms with Crippen LogP contribution in [-0.4, -0.2) is 30.4 Å². The quantitative estimate of drug-likeness (QED) is 0.542. The molecule has 1 atom stereocenters. The molecule has 11 heavy (non-hydrogen) atoms. The molecule has 0 radical (unpaired) electrons. The topological polar surface area (TPSA) is 43.4 Å². The molecule has 1 aliphatic rings. The zero-order valence-corrected chi connectivity index (χ0v) is 7.15. The number of carbonyl (C=O) groups is 2. The van der Waals surface area contributed by atoms with Crippen molar-refractivity contribution in [1.29, 1.82) is 0 Å². The van der Waals surface area contributed by atoms with Gasteiger partial charge in [-0.2, -0.15) is 11.8 Å². The van der Waals surface area contributed by atoms with Crippen LogP contribution in [-0.2, 0) is 14.3 Å². The lowest BCUT2D eigenvalue weighted by Gasteiger charge is -2.17. The maximum Gasteiger partial charge on any atom is 0.309 e. The highest BCUT2D eigenvalue weighted by Crippen LogP contribution is 2.20. The number of thioether (sulfide) groups is 1. The molecular weight excluding hydrogens is 164 g/mol. The third kappa shape index (κ3) is 2.22. The van der Waals surface area contributed by atoms with Gasteiger partial charge in [-0.25, -0.2) is 0 Å². The van der Waals surface area contributed by atoms with E-state index >= 15 is 0 Å². The molecule has 0 saturated carbocycles. The predicted octanol–water partition coefficient (Wildman–Crippen LogP) is 0.482. The van der Waals surface area contributed by atoms with Crippen LogP contribution in [0, 0.1) is 5.92 Å². The number of carbonyl (C=O) groups excluding carboxylic acids is 2. The lowest BCUT2D eigenvalue weighted by atomic mass is 10.1. The number of esters is 1. The normalized spacial score (nSPS) is 24.8. The summed E-state index contributed by atoms with van der Waals surface area (Å²) in [5, 5.41) is 0. The van der Waals surface area contributed by atoms with Crippen molar-refractivity contribution in [3.63, 3.8) is 0 Å². The highest BCUT2D eigenvalue weighted by Gasteiger charge is 2.26. The summed E-state index contributed by atoms with van der Waals surface area (Å²) in [6, 6.07) is 0. The van der Waals surface area contributed by atoms with Gasteiger partial charge in [-0.3, -0.25) is 9.59 Å². The molecule has 0 aromatic heterocycles. The van der Waals surface area contributed by atoms with E-state index in [1.165, 1.54) is 18.9 Å². The Balaban J connectivity index is 2.45. The minimum atomic E-state index is -0.259. The molecule has 0 bridgehead atoms. The fraction of sp³-hybridized carbons (Fsp3) is 0.714. The molecular formula is C7H10O3S. The average molecular weight is 174 g/mol. The van der Waals surface area contributed by atoms with Crippen LogP contribution in [0.2, 0.25) is 0 Å². The van der Waals surface area contributed by atoms with Crippen LogP contribution in [0.15, 0.2) is 0 Å². The van der Waals surface area contributed by atoms with Crippen molar-refractivity contribution in [2.24, 2.45) is 5.92 Å². The lowest BCUT2D eigenvalue weighted by molar-refractivity contribution is -0.146. The summed E-state index contributed by atoms with van der Waals surface area (Å²) in [7, 11) is 1.35. The molecule has 1 rings (SSSR count). The minimum absolute atomic E-state index is 0.150. The van der Waals surface area contributed by atoms with E-state index in [0.717, 1.165) is 5.75 Å². The Kier molecular flexibility index (Phi) is 2.93. The lowest BCUT2D eigenvalue weighted by Crippen LogP contribution is -2.27. The summed E-state index contributed by atoms with van der Waals surface area (Å²) in [4.78, 5) is 21.8. The number of Topliss-reactive ketones (excluding diaryl/α,β-unsaturated/α-hetero) is 1. The molecule has 1 saturated heterocycles. The Morgan fingerprint density at radius 2 is 2.45 bits per heavy atom. The van der Waals surface area contributed by atoms with E-state index in [2.05, 4.69) is 4.74 Å². The van der Waals surface area contributed by atoms with Crippen LogP contribution in [0.3, 0.4) is 0 Å². The minimum Gasteiger partial charge on any atom is -0.469 e. The van der Waals surface area contributed by atoms with Gasteiger partial charge in [-0.05, 0) is 0 Å². The SMILES string of the molecule is COC(=O)C1CSCC(=O)C1. The Hall–Kier alpha value is -0.510. The third-order valence-electron chi connectivity index (χ3n) is 1.59. The van der Waals surface area contributed by atoms with Crippen LogP contribution >= 0.6 is 11.8 Å². The summed E-state index contributed by atoms with van der Waals surface area (Å²) in [6.45, 7) is 0. The Morgan fingerprint density at radius 3 is 3.00 bits per heavy atom. The highest BCUT2D eigenvalue weighted by molar-refractivity contribution is 8.00. The van der Waals surface area contributed by atoms with Crippen molar-refractivity contribution in [2.75, 3.05) is 18.6 Å². The molecule has 4 heteroatoms. The Morgan fingerprint density at radius 1 is 1.73 bits per heavy atom. The summed E-state index contributed by atoms with van der Waals surface area (Å²) in [5.41, 5.74) is 0. The molecule has 1 fully saturated rings. The van der Waals surface area contributed by atoms with Gasteiger partial charge in [0.1, 0.15) is 5.78 Å². The average Bonchev–Trinajstić information content (AvgIpc) is 2.03. The largest absolute Gasteiger partial charge is 0.469 e. The molecule has 62 valence electrons. The van der Waals surface area contributed by atoms with Crippen molar-refractivity contribution in [2.45, 2.75) is 6.42 Å². The second-order valence-electron chi connectivity index (χ2n) is 2.48. The summed E-state index contributed by atoms with van der Waals surface area (Å²) >= 11 is 1.50. The van der Waals surface area contributed by atoms with Crippen molar-refractivity contribution in [3.05, 3.63) is 0 Å². The van der Waals surface area contributed by atoms with Gasteiger partial charge >= 0.3 is 5.97 Å². The number of ketones is 1. The summed E-state index contributed by atoms with van der Waals surface area (Å²) in [5.74, 6) is 0.958. The number of rotatable bonds is 1. The molecule has 0 aromatic carbocycles. The third-order valence-corrected chi connectivity index (χ3v) is 2.75. The molecule has 0 amide bonds. The van der Waals surface area contributed by atoms with Gasteiger partial charge in [0.15, 0.2) is 0 Å². The van der Waals surface area contributed by atoms with Crippen LogP contribution in [0.1, 0.15) is 6.42 Å². The van der Waals surface area contributed by atoms with Crippen LogP contribution < -0.4 is 0 Å². The second-order valence-corrected chi connectivity index (χ2v) is 3.51. The van der Waals surface area contributed by atoms with Gasteiger partial charge < -0.3 is 4.74 Å². The van der Waals surface area contributed by atoms with Crippen molar-refractivity contribution in [3.8, 4) is 0 Å². The first kappa shape index (κ1) is 8.59. The predicted molar refractivity (Wildman–Crippen MR) is 42.5 cm³/mol. The summed E-state index contributed by atoms with van der Waals surface area (Å²) < 4.78 is 4.53. The van der Waals surface area contributed by atoms with E-state index in [4.69, 9.17) is 0 Å². The standard InChI is InChI=1S/C7H10O3S/c1-10-7(9)5-2-6(8)4-11-3-5/h5H,2-4H2,1H3. The van der Waals surface area contributed by atoms with Crippen molar-refractivity contribution >= 4 is 23.5 Å². The van der Waals surface area contributed by atoms with E-state index in [9.17, 15) is 9.59 Å². The van der Waals surface area contributed by atoms with Gasteiger partial charge in [0, 0.05) is 12.2 Å². The van der Waals surface area contributed by atoms with E-state index in [1.807, 2.05) is 0 Å². The van der Waals surface area contributed by atoms with Gasteiger partial charge in [0.25, 0.3) is 0 Å². The van der Waals surface area contributed by atoms with Crippen LogP contribution in [0.5, 0.6) is 0 Å². The summed E-state index contributed by atoms with van der Waals surface area (Å²) in [6.07, 6.45) is 0.361. The maximum atomic E-state index is 10.9. The first-order valence-corrected chi connectivity index (χ1v) is 4.56. The smallest absolute Gasteiger partial charge is 0.309 e. The van der Waals surface area contributed by atoms with Crippen LogP contribution in [0.4, 0.5) is 0 Å². The van der Waals surface area contributed by atoms with E-state index in [1.54, 1.807) is 0 Å². The van der Waals surface area contributed by atoms with E-state index in [0.29, 0.717) is 12.2 Å². The molecule has 3 nitrogen and oxygen atoms in total. The van der Waals surface area contributed by atoms with Crippen molar-refractivity contribution < 1.29 is 14.3 Å². The maximum absolute atomic E-state index is 10.9.